The second-order valence-electron chi connectivity index (χ2n) is 26.8. The lowest BCUT2D eigenvalue weighted by Gasteiger charge is -2.27. The van der Waals surface area contributed by atoms with Crippen LogP contribution in [-0.2, 0) is 27.9 Å². The molecule has 0 bridgehead atoms. The van der Waals surface area contributed by atoms with Gasteiger partial charge in [0.2, 0.25) is 5.91 Å². The van der Waals surface area contributed by atoms with E-state index in [4.69, 9.17) is 13.8 Å². The Kier molecular flexibility index (Phi) is 65.9. The Balaban J connectivity index is 4.94. The molecule has 2 N–H and O–H groups in total. The van der Waals surface area contributed by atoms with E-state index in [1.165, 1.54) is 225 Å². The SMILES string of the molecule is CCCCC/C=C\C/C=C\C/C=C\C/C=C\CCCCCCCCCCCC(=O)OC(/C=C/CCCCCCCCCCC)C(COP(=O)(O)OCC[N+](C)(C)C)NC(=O)CCCCCCCCCCCCCCCCCCC/C=C\C/C=C\CCCCC. The van der Waals surface area contributed by atoms with Crippen LogP contribution >= 0.6 is 7.82 Å². The molecule has 3 atom stereocenters. The van der Waals surface area contributed by atoms with E-state index in [9.17, 15) is 19.0 Å². The van der Waals surface area contributed by atoms with Crippen molar-refractivity contribution in [1.29, 1.82) is 0 Å². The molecule has 3 unspecified atom stereocenters. The van der Waals surface area contributed by atoms with Crippen molar-refractivity contribution in [2.75, 3.05) is 40.9 Å². The summed E-state index contributed by atoms with van der Waals surface area (Å²) in [6.07, 6.45) is 91.8. The average Bonchev–Trinajstić information content (AvgIpc) is 3.64. The van der Waals surface area contributed by atoms with Crippen LogP contribution in [0, 0.1) is 0 Å². The first-order valence-corrected chi connectivity index (χ1v) is 39.4. The number of likely N-dealkylation sites (N-methyl/N-ethyl adjacent to an activating group) is 1. The first kappa shape index (κ1) is 86.2. The molecule has 10 heteroatoms. The highest BCUT2D eigenvalue weighted by Gasteiger charge is 2.30. The first-order chi connectivity index (χ1) is 43.4. The highest BCUT2D eigenvalue weighted by Crippen LogP contribution is 2.43. The maximum atomic E-state index is 13.6. The van der Waals surface area contributed by atoms with Crippen molar-refractivity contribution < 1.29 is 37.3 Å². The van der Waals surface area contributed by atoms with E-state index in [2.05, 4.69) is 99.0 Å². The molecule has 1 amide bonds. The summed E-state index contributed by atoms with van der Waals surface area (Å²) in [4.78, 5) is 38.0. The lowest BCUT2D eigenvalue weighted by molar-refractivity contribution is -0.870. The number of amides is 1. The zero-order valence-corrected chi connectivity index (χ0v) is 60.3. The number of unbranched alkanes of at least 4 members (excludes halogenated alkanes) is 41. The Morgan fingerprint density at radius 1 is 0.393 bits per heavy atom. The van der Waals surface area contributed by atoms with Gasteiger partial charge in [-0.05, 0) is 109 Å². The summed E-state index contributed by atoms with van der Waals surface area (Å²) < 4.78 is 30.9. The van der Waals surface area contributed by atoms with Crippen LogP contribution in [0.4, 0.5) is 0 Å². The fourth-order valence-corrected chi connectivity index (χ4v) is 11.7. The van der Waals surface area contributed by atoms with Gasteiger partial charge in [-0.3, -0.25) is 18.6 Å². The van der Waals surface area contributed by atoms with E-state index in [-0.39, 0.29) is 31.5 Å². The number of nitrogens with one attached hydrogen (secondary N) is 1. The normalized spacial score (nSPS) is 13.9. The highest BCUT2D eigenvalue weighted by molar-refractivity contribution is 7.47. The summed E-state index contributed by atoms with van der Waals surface area (Å²) in [6.45, 7) is 6.99. The van der Waals surface area contributed by atoms with Crippen LogP contribution in [0.2, 0.25) is 0 Å². The largest absolute Gasteiger partial charge is 0.472 e. The van der Waals surface area contributed by atoms with Gasteiger partial charge in [0.25, 0.3) is 0 Å². The van der Waals surface area contributed by atoms with Crippen molar-refractivity contribution in [3.63, 3.8) is 0 Å². The third-order valence-electron chi connectivity index (χ3n) is 16.8. The third-order valence-corrected chi connectivity index (χ3v) is 17.8. The quantitative estimate of drug-likeness (QED) is 0.0205. The molecule has 0 rings (SSSR count). The van der Waals surface area contributed by atoms with Crippen molar-refractivity contribution in [3.8, 4) is 0 Å². The molecule has 0 fully saturated rings. The molecule has 0 aliphatic heterocycles. The Hall–Kier alpha value is -2.81. The summed E-state index contributed by atoms with van der Waals surface area (Å²) in [6, 6.07) is -0.854. The molecule has 0 saturated heterocycles. The zero-order chi connectivity index (χ0) is 64.9. The second kappa shape index (κ2) is 68.1. The molecule has 0 aromatic carbocycles. The molecule has 0 aromatic rings. The van der Waals surface area contributed by atoms with Crippen LogP contribution < -0.4 is 5.32 Å². The first-order valence-electron chi connectivity index (χ1n) is 37.9. The smallest absolute Gasteiger partial charge is 0.456 e. The number of nitrogens with zero attached hydrogens (tertiary/aromatic N) is 1. The fraction of sp³-hybridized carbons (Fsp3) is 0.797. The minimum atomic E-state index is -4.46. The maximum Gasteiger partial charge on any atom is 0.472 e. The molecular formula is C79H146N2O7P+. The minimum absolute atomic E-state index is 0.0378. The number of hydrogen-bond donors (Lipinski definition) is 2. The van der Waals surface area contributed by atoms with Crippen LogP contribution in [0.15, 0.2) is 85.1 Å². The summed E-state index contributed by atoms with van der Waals surface area (Å²) in [5.41, 5.74) is 0. The summed E-state index contributed by atoms with van der Waals surface area (Å²) in [5, 5.41) is 3.08. The van der Waals surface area contributed by atoms with Crippen LogP contribution in [0.3, 0.4) is 0 Å². The number of ether oxygens (including phenoxy) is 1. The van der Waals surface area contributed by atoms with Crippen molar-refractivity contribution in [3.05, 3.63) is 85.1 Å². The number of phosphoric acid groups is 1. The number of esters is 1. The van der Waals surface area contributed by atoms with Gasteiger partial charge in [-0.15, -0.1) is 0 Å². The summed E-state index contributed by atoms with van der Waals surface area (Å²) in [7, 11) is 1.50. The topological polar surface area (TPSA) is 111 Å². The van der Waals surface area contributed by atoms with Gasteiger partial charge in [-0.25, -0.2) is 4.57 Å². The highest BCUT2D eigenvalue weighted by atomic mass is 31.2. The number of phosphoric ester groups is 1. The molecule has 0 saturated carbocycles. The van der Waals surface area contributed by atoms with E-state index < -0.39 is 20.0 Å². The Bertz CT molecular complexity index is 1800. The van der Waals surface area contributed by atoms with Gasteiger partial charge in [0.15, 0.2) is 0 Å². The lowest BCUT2D eigenvalue weighted by atomic mass is 10.0. The molecule has 0 aromatic heterocycles. The number of allylic oxidation sites excluding steroid dienone is 13. The predicted octanol–water partition coefficient (Wildman–Crippen LogP) is 24.5. The number of quaternary nitrogens is 1. The molecule has 89 heavy (non-hydrogen) atoms. The number of hydrogen-bond acceptors (Lipinski definition) is 6. The Morgan fingerprint density at radius 2 is 0.685 bits per heavy atom. The molecule has 9 nitrogen and oxygen atoms in total. The minimum Gasteiger partial charge on any atom is -0.456 e. The van der Waals surface area contributed by atoms with Crippen molar-refractivity contribution >= 4 is 19.7 Å². The maximum absolute atomic E-state index is 13.6. The molecule has 0 aliphatic rings. The van der Waals surface area contributed by atoms with Crippen molar-refractivity contribution in [2.45, 2.75) is 367 Å². The van der Waals surface area contributed by atoms with E-state index in [0.717, 1.165) is 96.3 Å². The molecule has 518 valence electrons. The third kappa shape index (κ3) is 69.4. The standard InChI is InChI=1S/C79H145N2O7P/c1-7-10-13-16-19-22-25-27-29-31-33-35-37-39-40-42-43-45-47-49-51-53-56-59-62-65-68-71-78(82)80-76(75-87-89(84,85)86-74-73-81(4,5)6)77(70-67-64-61-58-55-24-21-18-15-12-9-3)88-79(83)72-69-66-63-60-57-54-52-50-48-46-44-41-38-36-34-32-30-28-26-23-20-17-14-11-8-2/h19-20,22-23,27-30,34,36,41,44,67,70,76-77H,7-18,21,24-26,31-33,35,37-40,42-43,45-66,68-69,71-75H2,1-6H3,(H-,80,82,84,85)/p+1/b22-19-,23-20-,29-27-,30-28-,36-34-,44-41-,70-67+. The van der Waals surface area contributed by atoms with E-state index in [1.54, 1.807) is 0 Å². The predicted molar refractivity (Wildman–Crippen MR) is 388 cm³/mol. The van der Waals surface area contributed by atoms with Crippen LogP contribution in [-0.4, -0.2) is 74.3 Å². The molecular weight excluding hydrogens is 1120 g/mol. The van der Waals surface area contributed by atoms with E-state index in [1.807, 2.05) is 33.3 Å². The van der Waals surface area contributed by atoms with Gasteiger partial charge in [0, 0.05) is 12.8 Å². The monoisotopic (exact) mass is 1270 g/mol. The van der Waals surface area contributed by atoms with Gasteiger partial charge >= 0.3 is 13.8 Å². The second-order valence-corrected chi connectivity index (χ2v) is 28.3. The number of rotatable bonds is 69. The Morgan fingerprint density at radius 3 is 1.04 bits per heavy atom. The van der Waals surface area contributed by atoms with Gasteiger partial charge in [0.1, 0.15) is 19.3 Å². The molecule has 0 heterocycles. The van der Waals surface area contributed by atoms with Crippen LogP contribution in [0.5, 0.6) is 0 Å². The van der Waals surface area contributed by atoms with E-state index >= 15 is 0 Å². The molecule has 0 aliphatic carbocycles. The fourth-order valence-electron chi connectivity index (χ4n) is 11.0. The molecule has 0 radical (unpaired) electrons. The average molecular weight is 1270 g/mol. The van der Waals surface area contributed by atoms with Gasteiger partial charge in [0.05, 0.1) is 33.8 Å². The summed E-state index contributed by atoms with van der Waals surface area (Å²) in [5.74, 6) is -0.502. The molecule has 0 spiro atoms. The number of carbonyl (C=O) groups is 2. The number of carbonyl (C=O) groups excluding carboxylic acids is 2. The van der Waals surface area contributed by atoms with Crippen LogP contribution in [0.1, 0.15) is 355 Å². The van der Waals surface area contributed by atoms with Crippen molar-refractivity contribution in [1.82, 2.24) is 5.32 Å². The van der Waals surface area contributed by atoms with Crippen LogP contribution in [0.25, 0.3) is 0 Å². The van der Waals surface area contributed by atoms with Gasteiger partial charge in [-0.2, -0.15) is 0 Å². The van der Waals surface area contributed by atoms with Crippen molar-refractivity contribution in [2.24, 2.45) is 0 Å². The summed E-state index contributed by atoms with van der Waals surface area (Å²) >= 11 is 0. The Labute approximate surface area is 552 Å². The zero-order valence-electron chi connectivity index (χ0n) is 59.4. The lowest BCUT2D eigenvalue weighted by Crippen LogP contribution is -2.47. The van der Waals surface area contributed by atoms with Gasteiger partial charge in [-0.1, -0.05) is 318 Å². The van der Waals surface area contributed by atoms with E-state index in [0.29, 0.717) is 17.4 Å². The van der Waals surface area contributed by atoms with Gasteiger partial charge < -0.3 is 19.4 Å².